The van der Waals surface area contributed by atoms with Crippen LogP contribution in [0.15, 0.2) is 59.6 Å². The molecule has 1 aliphatic rings. The number of carbonyl (C=O) groups is 1. The highest BCUT2D eigenvalue weighted by atomic mass is 16.1. The van der Waals surface area contributed by atoms with Crippen LogP contribution >= 0.6 is 0 Å². The zero-order valence-electron chi connectivity index (χ0n) is 18.3. The van der Waals surface area contributed by atoms with Gasteiger partial charge in [-0.1, -0.05) is 48.5 Å². The van der Waals surface area contributed by atoms with Crippen LogP contribution in [0.4, 0.5) is 0 Å². The second-order valence-electron chi connectivity index (χ2n) is 8.32. The zero-order valence-corrected chi connectivity index (χ0v) is 18.3. The molecule has 2 aromatic rings. The van der Waals surface area contributed by atoms with Crippen LogP contribution in [0.5, 0.6) is 0 Å². The van der Waals surface area contributed by atoms with Gasteiger partial charge in [-0.05, 0) is 55.7 Å². The average molecular weight is 418 g/mol. The van der Waals surface area contributed by atoms with Crippen molar-refractivity contribution >= 4 is 11.7 Å². The lowest BCUT2D eigenvalue weighted by atomic mass is 9.66. The second kappa shape index (κ2) is 10.7. The quantitative estimate of drug-likeness (QED) is 0.276. The summed E-state index contributed by atoms with van der Waals surface area (Å²) in [5.74, 6) is 1.11. The zero-order chi connectivity index (χ0) is 22.1. The minimum atomic E-state index is -0.0843. The van der Waals surface area contributed by atoms with Crippen molar-refractivity contribution in [2.24, 2.45) is 10.9 Å². The number of aliphatic imine (C=N–C) groups is 1. The number of rotatable bonds is 7. The van der Waals surface area contributed by atoms with Gasteiger partial charge in [-0.25, -0.2) is 5.43 Å². The Bertz CT molecular complexity index is 940. The van der Waals surface area contributed by atoms with Gasteiger partial charge in [0.25, 0.3) is 5.91 Å². The van der Waals surface area contributed by atoms with Crippen LogP contribution < -0.4 is 16.2 Å². The largest absolute Gasteiger partial charge is 0.351 e. The van der Waals surface area contributed by atoms with Crippen LogP contribution in [-0.4, -0.2) is 25.3 Å². The molecule has 0 heterocycles. The van der Waals surface area contributed by atoms with Crippen molar-refractivity contribution in [1.29, 1.82) is 5.26 Å². The standard InChI is InChI=1S/C25H31N5O/c1-19-8-6-7-11-22(19)24(31)28-17-25(21-9-4-3-5-10-21)14-12-20(13-15-25)16-23(29-18-26)30-27-2/h3-11,20,27H,12-17H2,1-2H3,(H,28,31)(H,29,30). The molecule has 3 N–H and O–H groups in total. The molecule has 0 spiro atoms. The molecule has 1 saturated carbocycles. The number of hydrogen-bond donors (Lipinski definition) is 3. The Morgan fingerprint density at radius 3 is 2.45 bits per heavy atom. The predicted octanol–water partition coefficient (Wildman–Crippen LogP) is 3.85. The topological polar surface area (TPSA) is 89.3 Å². The lowest BCUT2D eigenvalue weighted by Crippen LogP contribution is -2.44. The molecular formula is C25H31N5O. The number of nitrogens with zero attached hydrogens (tertiary/aromatic N) is 2. The number of amidine groups is 1. The highest BCUT2D eigenvalue weighted by molar-refractivity contribution is 5.95. The Morgan fingerprint density at radius 1 is 1.13 bits per heavy atom. The van der Waals surface area contributed by atoms with E-state index >= 15 is 0 Å². The number of hydrazine groups is 1. The van der Waals surface area contributed by atoms with E-state index in [4.69, 9.17) is 5.26 Å². The summed E-state index contributed by atoms with van der Waals surface area (Å²) in [4.78, 5) is 16.8. The van der Waals surface area contributed by atoms with Crippen LogP contribution in [0.2, 0.25) is 0 Å². The third kappa shape index (κ3) is 5.71. The van der Waals surface area contributed by atoms with E-state index in [-0.39, 0.29) is 11.3 Å². The monoisotopic (exact) mass is 417 g/mol. The molecule has 31 heavy (non-hydrogen) atoms. The summed E-state index contributed by atoms with van der Waals surface area (Å²) in [6.07, 6.45) is 6.62. The Morgan fingerprint density at radius 2 is 1.81 bits per heavy atom. The number of carbonyl (C=O) groups excluding carboxylic acids is 1. The Hall–Kier alpha value is -3.17. The molecule has 1 aliphatic carbocycles. The van der Waals surface area contributed by atoms with Crippen molar-refractivity contribution in [1.82, 2.24) is 16.2 Å². The lowest BCUT2D eigenvalue weighted by Gasteiger charge is -2.41. The summed E-state index contributed by atoms with van der Waals surface area (Å²) in [5, 5.41) is 12.1. The minimum Gasteiger partial charge on any atom is -0.351 e. The number of amides is 1. The second-order valence-corrected chi connectivity index (χ2v) is 8.32. The summed E-state index contributed by atoms with van der Waals surface area (Å²) < 4.78 is 0. The molecule has 6 nitrogen and oxygen atoms in total. The van der Waals surface area contributed by atoms with Crippen molar-refractivity contribution < 1.29 is 4.79 Å². The molecule has 3 rings (SSSR count). The van der Waals surface area contributed by atoms with Gasteiger partial charge in [-0.15, -0.1) is 0 Å². The highest BCUT2D eigenvalue weighted by Crippen LogP contribution is 2.42. The summed E-state index contributed by atoms with van der Waals surface area (Å²) >= 11 is 0. The van der Waals surface area contributed by atoms with E-state index in [1.165, 1.54) is 5.56 Å². The Labute approximate surface area is 184 Å². The van der Waals surface area contributed by atoms with Crippen molar-refractivity contribution in [3.63, 3.8) is 0 Å². The Balaban J connectivity index is 1.72. The predicted molar refractivity (Wildman–Crippen MR) is 123 cm³/mol. The maximum atomic E-state index is 12.9. The third-order valence-corrected chi connectivity index (χ3v) is 6.36. The van der Waals surface area contributed by atoms with Gasteiger partial charge < -0.3 is 10.7 Å². The molecule has 162 valence electrons. The highest BCUT2D eigenvalue weighted by Gasteiger charge is 2.37. The molecular weight excluding hydrogens is 386 g/mol. The summed E-state index contributed by atoms with van der Waals surface area (Å²) in [5.41, 5.74) is 8.73. The van der Waals surface area contributed by atoms with E-state index in [0.717, 1.165) is 43.2 Å². The number of nitriles is 1. The molecule has 0 aromatic heterocycles. The number of aryl methyl sites for hydroxylation is 1. The van der Waals surface area contributed by atoms with Gasteiger partial charge in [0.2, 0.25) is 6.19 Å². The summed E-state index contributed by atoms with van der Waals surface area (Å²) in [6, 6.07) is 18.2. The van der Waals surface area contributed by atoms with Gasteiger partial charge in [0.1, 0.15) is 5.84 Å². The van der Waals surface area contributed by atoms with Crippen LogP contribution in [0, 0.1) is 24.3 Å². The maximum Gasteiger partial charge on any atom is 0.251 e. The van der Waals surface area contributed by atoms with Crippen LogP contribution in [0.3, 0.4) is 0 Å². The lowest BCUT2D eigenvalue weighted by molar-refractivity contribution is 0.0932. The molecule has 1 fully saturated rings. The molecule has 0 aliphatic heterocycles. The van der Waals surface area contributed by atoms with Crippen molar-refractivity contribution in [2.75, 3.05) is 13.6 Å². The van der Waals surface area contributed by atoms with Crippen molar-refractivity contribution in [3.8, 4) is 6.19 Å². The molecule has 0 bridgehead atoms. The molecule has 0 radical (unpaired) electrons. The SMILES string of the molecule is CNNC(CC1CCC(CNC(=O)c2ccccc2C)(c2ccccc2)CC1)=NC#N. The van der Waals surface area contributed by atoms with E-state index < -0.39 is 0 Å². The first kappa shape index (κ1) is 22.5. The first-order chi connectivity index (χ1) is 15.1. The number of nitrogens with one attached hydrogen (secondary N) is 3. The fraction of sp³-hybridized carbons (Fsp3) is 0.400. The molecule has 1 amide bonds. The van der Waals surface area contributed by atoms with E-state index in [1.807, 2.05) is 43.4 Å². The minimum absolute atomic E-state index is 0.0165. The Kier molecular flexibility index (Phi) is 7.80. The van der Waals surface area contributed by atoms with E-state index in [1.54, 1.807) is 7.05 Å². The van der Waals surface area contributed by atoms with Crippen molar-refractivity contribution in [3.05, 3.63) is 71.3 Å². The fourth-order valence-corrected chi connectivity index (χ4v) is 4.57. The van der Waals surface area contributed by atoms with Crippen LogP contribution in [0.25, 0.3) is 0 Å². The van der Waals surface area contributed by atoms with E-state index in [9.17, 15) is 4.79 Å². The molecule has 6 heteroatoms. The number of hydrogen-bond acceptors (Lipinski definition) is 4. The van der Waals surface area contributed by atoms with Gasteiger partial charge in [0.15, 0.2) is 0 Å². The molecule has 0 atom stereocenters. The maximum absolute atomic E-state index is 12.9. The van der Waals surface area contributed by atoms with Crippen molar-refractivity contribution in [2.45, 2.75) is 44.4 Å². The van der Waals surface area contributed by atoms with Gasteiger partial charge in [0, 0.05) is 31.0 Å². The average Bonchev–Trinajstić information content (AvgIpc) is 2.80. The van der Waals surface area contributed by atoms with Gasteiger partial charge in [-0.2, -0.15) is 10.3 Å². The van der Waals surface area contributed by atoms with E-state index in [2.05, 4.69) is 45.4 Å². The smallest absolute Gasteiger partial charge is 0.251 e. The molecule has 0 unspecified atom stereocenters. The van der Waals surface area contributed by atoms with Crippen LogP contribution in [0.1, 0.15) is 53.6 Å². The van der Waals surface area contributed by atoms with Gasteiger partial charge in [0.05, 0.1) is 0 Å². The first-order valence-corrected chi connectivity index (χ1v) is 10.9. The summed E-state index contributed by atoms with van der Waals surface area (Å²) in [7, 11) is 1.77. The van der Waals surface area contributed by atoms with Crippen LogP contribution in [-0.2, 0) is 5.41 Å². The molecule has 0 saturated heterocycles. The molecule has 2 aromatic carbocycles. The normalized spacial score (nSPS) is 21.2. The van der Waals surface area contributed by atoms with Gasteiger partial charge >= 0.3 is 0 Å². The van der Waals surface area contributed by atoms with Gasteiger partial charge in [-0.3, -0.25) is 4.79 Å². The summed E-state index contributed by atoms with van der Waals surface area (Å²) in [6.45, 7) is 2.58. The number of benzene rings is 2. The first-order valence-electron chi connectivity index (χ1n) is 10.9. The van der Waals surface area contributed by atoms with E-state index in [0.29, 0.717) is 18.3 Å². The fourth-order valence-electron chi connectivity index (χ4n) is 4.57. The third-order valence-electron chi connectivity index (χ3n) is 6.36.